The molecule has 0 fully saturated rings. The zero-order valence-corrected chi connectivity index (χ0v) is 14.0. The van der Waals surface area contributed by atoms with E-state index in [1.807, 2.05) is 7.05 Å². The summed E-state index contributed by atoms with van der Waals surface area (Å²) in [6.07, 6.45) is 2.07. The molecule has 0 heterocycles. The first-order chi connectivity index (χ1) is 10.1. The Morgan fingerprint density at radius 1 is 1.09 bits per heavy atom. The van der Waals surface area contributed by atoms with E-state index in [-0.39, 0.29) is 24.1 Å². The third kappa shape index (κ3) is 8.64. The summed E-state index contributed by atoms with van der Waals surface area (Å²) >= 11 is 0. The van der Waals surface area contributed by atoms with Crippen molar-refractivity contribution < 1.29 is 14.3 Å². The van der Waals surface area contributed by atoms with Gasteiger partial charge in [-0.1, -0.05) is 0 Å². The Kier molecular flexibility index (Phi) is 11.1. The lowest BCUT2D eigenvalue weighted by Crippen LogP contribution is -2.26. The monoisotopic (exact) mass is 328 g/mol. The standard InChI is InChI=1S/C16H24N2O3.ClH/c1-13(19)14-6-8-15(9-7-14)21-12-3-5-16(20)18-11-4-10-17-2;/h6-9,17H,3-5,10-12H2,1-2H3,(H,18,20);1H. The van der Waals surface area contributed by atoms with Gasteiger partial charge in [0, 0.05) is 18.5 Å². The molecule has 5 nitrogen and oxygen atoms in total. The van der Waals surface area contributed by atoms with Gasteiger partial charge in [0.15, 0.2) is 5.78 Å². The summed E-state index contributed by atoms with van der Waals surface area (Å²) < 4.78 is 5.53. The molecule has 0 unspecified atom stereocenters. The largest absolute Gasteiger partial charge is 0.494 e. The topological polar surface area (TPSA) is 67.4 Å². The van der Waals surface area contributed by atoms with Gasteiger partial charge in [-0.2, -0.15) is 0 Å². The van der Waals surface area contributed by atoms with Gasteiger partial charge in [0.2, 0.25) is 5.91 Å². The molecule has 0 aliphatic rings. The highest BCUT2D eigenvalue weighted by Crippen LogP contribution is 2.12. The maximum absolute atomic E-state index is 11.5. The van der Waals surface area contributed by atoms with E-state index in [0.29, 0.717) is 31.6 Å². The first-order valence-electron chi connectivity index (χ1n) is 7.28. The van der Waals surface area contributed by atoms with Crippen molar-refractivity contribution in [1.82, 2.24) is 10.6 Å². The van der Waals surface area contributed by atoms with E-state index in [9.17, 15) is 9.59 Å². The number of amides is 1. The van der Waals surface area contributed by atoms with Crippen molar-refractivity contribution in [1.29, 1.82) is 0 Å². The molecule has 1 amide bonds. The van der Waals surface area contributed by atoms with Crippen LogP contribution in [0.15, 0.2) is 24.3 Å². The molecule has 0 aliphatic heterocycles. The fourth-order valence-electron chi connectivity index (χ4n) is 1.79. The number of nitrogens with one attached hydrogen (secondary N) is 2. The number of carbonyl (C=O) groups excluding carboxylic acids is 2. The number of hydrogen-bond donors (Lipinski definition) is 2. The minimum atomic E-state index is 0. The number of halogens is 1. The van der Waals surface area contributed by atoms with Crippen LogP contribution in [0.5, 0.6) is 5.75 Å². The van der Waals surface area contributed by atoms with Crippen LogP contribution >= 0.6 is 12.4 Å². The molecule has 0 aromatic heterocycles. The molecule has 0 radical (unpaired) electrons. The normalized spacial score (nSPS) is 9.73. The van der Waals surface area contributed by atoms with Crippen molar-refractivity contribution >= 4 is 24.1 Å². The summed E-state index contributed by atoms with van der Waals surface area (Å²) in [5.74, 6) is 0.813. The van der Waals surface area contributed by atoms with Crippen LogP contribution < -0.4 is 15.4 Å². The quantitative estimate of drug-likeness (QED) is 0.510. The Morgan fingerprint density at radius 3 is 2.36 bits per heavy atom. The van der Waals surface area contributed by atoms with Crippen LogP contribution in [0.2, 0.25) is 0 Å². The molecule has 0 spiro atoms. The molecule has 2 N–H and O–H groups in total. The van der Waals surface area contributed by atoms with Crippen molar-refractivity contribution in [2.45, 2.75) is 26.2 Å². The second-order valence-electron chi connectivity index (χ2n) is 4.84. The molecular weight excluding hydrogens is 304 g/mol. The van der Waals surface area contributed by atoms with Crippen molar-refractivity contribution in [3.63, 3.8) is 0 Å². The summed E-state index contributed by atoms with van der Waals surface area (Å²) in [7, 11) is 1.89. The zero-order chi connectivity index (χ0) is 15.5. The molecule has 1 aromatic rings. The van der Waals surface area contributed by atoms with Gasteiger partial charge in [-0.25, -0.2) is 0 Å². The molecule has 22 heavy (non-hydrogen) atoms. The predicted octanol–water partition coefficient (Wildman–Crippen LogP) is 2.20. The molecule has 0 saturated heterocycles. The number of ketones is 1. The van der Waals surface area contributed by atoms with Gasteiger partial charge in [0.05, 0.1) is 6.61 Å². The van der Waals surface area contributed by atoms with Crippen LogP contribution in [-0.4, -0.2) is 38.4 Å². The third-order valence-electron chi connectivity index (χ3n) is 3.00. The van der Waals surface area contributed by atoms with Gasteiger partial charge in [-0.05, 0) is 57.6 Å². The van der Waals surface area contributed by atoms with Crippen LogP contribution in [0, 0.1) is 0 Å². The van der Waals surface area contributed by atoms with Crippen LogP contribution in [0.4, 0.5) is 0 Å². The van der Waals surface area contributed by atoms with E-state index in [2.05, 4.69) is 10.6 Å². The van der Waals surface area contributed by atoms with E-state index in [0.717, 1.165) is 18.7 Å². The van der Waals surface area contributed by atoms with Gasteiger partial charge < -0.3 is 15.4 Å². The molecule has 0 bridgehead atoms. The minimum Gasteiger partial charge on any atom is -0.494 e. The summed E-state index contributed by atoms with van der Waals surface area (Å²) in [4.78, 5) is 22.6. The molecule has 1 rings (SSSR count). The average molecular weight is 329 g/mol. The highest BCUT2D eigenvalue weighted by atomic mass is 35.5. The van der Waals surface area contributed by atoms with Gasteiger partial charge in [0.25, 0.3) is 0 Å². The van der Waals surface area contributed by atoms with Crippen LogP contribution in [0.3, 0.4) is 0 Å². The molecule has 1 aromatic carbocycles. The number of rotatable bonds is 10. The number of hydrogen-bond acceptors (Lipinski definition) is 4. The van der Waals surface area contributed by atoms with E-state index < -0.39 is 0 Å². The zero-order valence-electron chi connectivity index (χ0n) is 13.2. The van der Waals surface area contributed by atoms with E-state index >= 15 is 0 Å². The summed E-state index contributed by atoms with van der Waals surface area (Å²) in [5, 5.41) is 5.89. The average Bonchev–Trinajstić information content (AvgIpc) is 2.48. The molecule has 0 saturated carbocycles. The summed E-state index contributed by atoms with van der Waals surface area (Å²) in [6, 6.07) is 7.03. The van der Waals surface area contributed by atoms with E-state index in [1.54, 1.807) is 24.3 Å². The predicted molar refractivity (Wildman–Crippen MR) is 90.0 cm³/mol. The lowest BCUT2D eigenvalue weighted by atomic mass is 10.1. The number of ether oxygens (including phenoxy) is 1. The maximum atomic E-state index is 11.5. The Bertz CT molecular complexity index is 449. The Labute approximate surface area is 138 Å². The highest BCUT2D eigenvalue weighted by Gasteiger charge is 2.02. The fraction of sp³-hybridized carbons (Fsp3) is 0.500. The van der Waals surface area contributed by atoms with Gasteiger partial charge >= 0.3 is 0 Å². The summed E-state index contributed by atoms with van der Waals surface area (Å²) in [6.45, 7) is 3.63. The van der Waals surface area contributed by atoms with Crippen molar-refractivity contribution in [2.24, 2.45) is 0 Å². The second-order valence-corrected chi connectivity index (χ2v) is 4.84. The fourth-order valence-corrected chi connectivity index (χ4v) is 1.79. The van der Waals surface area contributed by atoms with Gasteiger partial charge in [0.1, 0.15) is 5.75 Å². The number of Topliss-reactive ketones (excluding diaryl/α,β-unsaturated/α-hetero) is 1. The molecule has 0 aliphatic carbocycles. The van der Waals surface area contributed by atoms with E-state index in [4.69, 9.17) is 4.74 Å². The lowest BCUT2D eigenvalue weighted by Gasteiger charge is -2.07. The van der Waals surface area contributed by atoms with Crippen LogP contribution in [-0.2, 0) is 4.79 Å². The Hall–Kier alpha value is -1.59. The van der Waals surface area contributed by atoms with Gasteiger partial charge in [-0.3, -0.25) is 9.59 Å². The SMILES string of the molecule is CNCCCNC(=O)CCCOc1ccc(C(C)=O)cc1.Cl. The van der Waals surface area contributed by atoms with Crippen LogP contribution in [0.1, 0.15) is 36.5 Å². The molecular formula is C16H25ClN2O3. The molecule has 6 heteroatoms. The van der Waals surface area contributed by atoms with Crippen molar-refractivity contribution in [2.75, 3.05) is 26.7 Å². The van der Waals surface area contributed by atoms with Gasteiger partial charge in [-0.15, -0.1) is 12.4 Å². The Balaban J connectivity index is 0.00000441. The van der Waals surface area contributed by atoms with Crippen molar-refractivity contribution in [3.05, 3.63) is 29.8 Å². The van der Waals surface area contributed by atoms with Crippen molar-refractivity contribution in [3.8, 4) is 5.75 Å². The number of benzene rings is 1. The molecule has 0 atom stereocenters. The molecule has 124 valence electrons. The first-order valence-corrected chi connectivity index (χ1v) is 7.28. The highest BCUT2D eigenvalue weighted by molar-refractivity contribution is 5.94. The second kappa shape index (κ2) is 12.0. The van der Waals surface area contributed by atoms with Crippen LogP contribution in [0.25, 0.3) is 0 Å². The number of carbonyl (C=O) groups is 2. The maximum Gasteiger partial charge on any atom is 0.220 e. The smallest absolute Gasteiger partial charge is 0.220 e. The summed E-state index contributed by atoms with van der Waals surface area (Å²) in [5.41, 5.74) is 0.670. The Morgan fingerprint density at radius 2 is 1.77 bits per heavy atom. The third-order valence-corrected chi connectivity index (χ3v) is 3.00. The minimum absolute atomic E-state index is 0. The first kappa shape index (κ1) is 20.4. The lowest BCUT2D eigenvalue weighted by molar-refractivity contribution is -0.121. The van der Waals surface area contributed by atoms with E-state index in [1.165, 1.54) is 6.92 Å².